The van der Waals surface area contributed by atoms with Gasteiger partial charge in [0.1, 0.15) is 6.61 Å². The van der Waals surface area contributed by atoms with E-state index in [1.807, 2.05) is 19.9 Å². The van der Waals surface area contributed by atoms with Gasteiger partial charge in [0.05, 0.1) is 9.88 Å². The number of nitrogens with two attached hydrogens (primary N) is 1. The van der Waals surface area contributed by atoms with Crippen LogP contribution in [-0.4, -0.2) is 11.0 Å². The molecule has 0 radical (unpaired) electrons. The predicted molar refractivity (Wildman–Crippen MR) is 79.6 cm³/mol. The summed E-state index contributed by atoms with van der Waals surface area (Å²) in [7, 11) is 0. The molecule has 2 rings (SSSR count). The third-order valence-corrected chi connectivity index (χ3v) is 3.97. The van der Waals surface area contributed by atoms with Crippen molar-refractivity contribution in [2.45, 2.75) is 39.3 Å². The van der Waals surface area contributed by atoms with Gasteiger partial charge in [0.15, 0.2) is 11.6 Å². The maximum absolute atomic E-state index is 13.9. The van der Waals surface area contributed by atoms with Crippen molar-refractivity contribution >= 4 is 11.3 Å². The minimum atomic E-state index is -0.341. The summed E-state index contributed by atoms with van der Waals surface area (Å²) < 4.78 is 19.6. The van der Waals surface area contributed by atoms with Crippen LogP contribution in [0.3, 0.4) is 0 Å². The van der Waals surface area contributed by atoms with Gasteiger partial charge < -0.3 is 10.5 Å². The topological polar surface area (TPSA) is 48.1 Å². The second-order valence-electron chi connectivity index (χ2n) is 4.73. The molecule has 0 spiro atoms. The molecule has 20 heavy (non-hydrogen) atoms. The normalized spacial score (nSPS) is 12.4. The molecule has 0 aliphatic heterocycles. The first kappa shape index (κ1) is 14.9. The molecule has 0 amide bonds. The third kappa shape index (κ3) is 3.77. The molecule has 1 heterocycles. The van der Waals surface area contributed by atoms with Crippen LogP contribution in [0.1, 0.15) is 28.8 Å². The molecule has 3 nitrogen and oxygen atoms in total. The van der Waals surface area contributed by atoms with E-state index in [9.17, 15) is 4.39 Å². The SMILES string of the molecule is CCC(N)Cc1cccc(F)c1OCc1cnc(C)s1. The molecule has 2 aromatic rings. The van der Waals surface area contributed by atoms with Crippen LogP contribution in [-0.2, 0) is 13.0 Å². The van der Waals surface area contributed by atoms with Gasteiger partial charge in [-0.15, -0.1) is 11.3 Å². The molecule has 1 aromatic carbocycles. The second kappa shape index (κ2) is 6.81. The van der Waals surface area contributed by atoms with Crippen LogP contribution in [0, 0.1) is 12.7 Å². The first-order chi connectivity index (χ1) is 9.60. The largest absolute Gasteiger partial charge is 0.485 e. The van der Waals surface area contributed by atoms with Gasteiger partial charge in [-0.2, -0.15) is 0 Å². The zero-order valence-electron chi connectivity index (χ0n) is 11.7. The molecule has 0 saturated carbocycles. The molecule has 0 bridgehead atoms. The average molecular weight is 294 g/mol. The number of benzene rings is 1. The molecule has 2 N–H and O–H groups in total. The monoisotopic (exact) mass is 294 g/mol. The quantitative estimate of drug-likeness (QED) is 0.887. The number of halogens is 1. The lowest BCUT2D eigenvalue weighted by atomic mass is 10.0. The van der Waals surface area contributed by atoms with E-state index in [0.717, 1.165) is 21.9 Å². The maximum atomic E-state index is 13.9. The molecule has 0 saturated heterocycles. The predicted octanol–water partition coefficient (Wildman–Crippen LogP) is 3.45. The Balaban J connectivity index is 2.12. The highest BCUT2D eigenvalue weighted by molar-refractivity contribution is 7.11. The highest BCUT2D eigenvalue weighted by Crippen LogP contribution is 2.26. The molecule has 1 aromatic heterocycles. The lowest BCUT2D eigenvalue weighted by Gasteiger charge is -2.14. The van der Waals surface area contributed by atoms with Crippen molar-refractivity contribution in [2.24, 2.45) is 5.73 Å². The van der Waals surface area contributed by atoms with E-state index in [0.29, 0.717) is 18.8 Å². The van der Waals surface area contributed by atoms with Gasteiger partial charge in [0.25, 0.3) is 0 Å². The number of aryl methyl sites for hydroxylation is 1. The van der Waals surface area contributed by atoms with Crippen LogP contribution in [0.15, 0.2) is 24.4 Å². The third-order valence-electron chi connectivity index (χ3n) is 3.08. The molecule has 0 aliphatic rings. The first-order valence-electron chi connectivity index (χ1n) is 6.67. The number of hydrogen-bond donors (Lipinski definition) is 1. The number of nitrogens with zero attached hydrogens (tertiary/aromatic N) is 1. The molecule has 1 unspecified atom stereocenters. The fraction of sp³-hybridized carbons (Fsp3) is 0.400. The Kier molecular flexibility index (Phi) is 5.09. The first-order valence-corrected chi connectivity index (χ1v) is 7.49. The van der Waals surface area contributed by atoms with Crippen LogP contribution in [0.2, 0.25) is 0 Å². The molecule has 5 heteroatoms. The van der Waals surface area contributed by atoms with Gasteiger partial charge in [-0.25, -0.2) is 9.37 Å². The summed E-state index contributed by atoms with van der Waals surface area (Å²) in [5, 5.41) is 0.977. The smallest absolute Gasteiger partial charge is 0.165 e. The van der Waals surface area contributed by atoms with E-state index in [2.05, 4.69) is 4.98 Å². The highest BCUT2D eigenvalue weighted by Gasteiger charge is 2.13. The van der Waals surface area contributed by atoms with E-state index in [-0.39, 0.29) is 11.9 Å². The molecular weight excluding hydrogens is 275 g/mol. The van der Waals surface area contributed by atoms with Gasteiger partial charge in [-0.05, 0) is 31.4 Å². The summed E-state index contributed by atoms with van der Waals surface area (Å²) in [6, 6.07) is 4.99. The fourth-order valence-corrected chi connectivity index (χ4v) is 2.63. The van der Waals surface area contributed by atoms with E-state index >= 15 is 0 Å². The summed E-state index contributed by atoms with van der Waals surface area (Å²) in [6.45, 7) is 4.29. The van der Waals surface area contributed by atoms with Gasteiger partial charge in [-0.3, -0.25) is 0 Å². The van der Waals surface area contributed by atoms with Crippen LogP contribution >= 0.6 is 11.3 Å². The van der Waals surface area contributed by atoms with Gasteiger partial charge in [0, 0.05) is 12.2 Å². The molecule has 0 aliphatic carbocycles. The Morgan fingerprint density at radius 3 is 2.90 bits per heavy atom. The molecule has 108 valence electrons. The lowest BCUT2D eigenvalue weighted by Crippen LogP contribution is -2.21. The highest BCUT2D eigenvalue weighted by atomic mass is 32.1. The summed E-state index contributed by atoms with van der Waals surface area (Å²) in [4.78, 5) is 5.14. The number of thiazole rings is 1. The van der Waals surface area contributed by atoms with Crippen LogP contribution in [0.25, 0.3) is 0 Å². The van der Waals surface area contributed by atoms with Crippen LogP contribution in [0.5, 0.6) is 5.75 Å². The van der Waals surface area contributed by atoms with E-state index < -0.39 is 0 Å². The van der Waals surface area contributed by atoms with Gasteiger partial charge in [-0.1, -0.05) is 19.1 Å². The van der Waals surface area contributed by atoms with Crippen molar-refractivity contribution in [3.63, 3.8) is 0 Å². The van der Waals surface area contributed by atoms with E-state index in [1.165, 1.54) is 6.07 Å². The molecular formula is C15H19FN2OS. The van der Waals surface area contributed by atoms with Crippen molar-refractivity contribution in [3.05, 3.63) is 45.7 Å². The van der Waals surface area contributed by atoms with E-state index in [4.69, 9.17) is 10.5 Å². The van der Waals surface area contributed by atoms with E-state index in [1.54, 1.807) is 23.6 Å². The standard InChI is InChI=1S/C15H19FN2OS/c1-3-12(17)7-11-5-4-6-14(16)15(11)19-9-13-8-18-10(2)20-13/h4-6,8,12H,3,7,9,17H2,1-2H3. The number of ether oxygens (including phenoxy) is 1. The Hall–Kier alpha value is -1.46. The van der Waals surface area contributed by atoms with Crippen molar-refractivity contribution in [3.8, 4) is 5.75 Å². The Labute approximate surface area is 122 Å². The Bertz CT molecular complexity index is 571. The average Bonchev–Trinajstić information content (AvgIpc) is 2.83. The van der Waals surface area contributed by atoms with Gasteiger partial charge in [0.2, 0.25) is 0 Å². The van der Waals surface area contributed by atoms with Crippen LogP contribution in [0.4, 0.5) is 4.39 Å². The molecule has 1 atom stereocenters. The number of hydrogen-bond acceptors (Lipinski definition) is 4. The summed E-state index contributed by atoms with van der Waals surface area (Å²) in [5.41, 5.74) is 6.77. The summed E-state index contributed by atoms with van der Waals surface area (Å²) >= 11 is 1.55. The van der Waals surface area contributed by atoms with Crippen LogP contribution < -0.4 is 10.5 Å². The fourth-order valence-electron chi connectivity index (χ4n) is 1.92. The zero-order chi connectivity index (χ0) is 14.5. The summed E-state index contributed by atoms with van der Waals surface area (Å²) in [5.74, 6) is -0.0329. The Morgan fingerprint density at radius 2 is 2.25 bits per heavy atom. The minimum Gasteiger partial charge on any atom is -0.485 e. The Morgan fingerprint density at radius 1 is 1.45 bits per heavy atom. The summed E-state index contributed by atoms with van der Waals surface area (Å²) in [6.07, 6.45) is 3.23. The zero-order valence-corrected chi connectivity index (χ0v) is 12.5. The van der Waals surface area contributed by atoms with Crippen molar-refractivity contribution in [1.29, 1.82) is 0 Å². The molecule has 0 fully saturated rings. The lowest BCUT2D eigenvalue weighted by molar-refractivity contribution is 0.289. The van der Waals surface area contributed by atoms with Crippen molar-refractivity contribution in [1.82, 2.24) is 4.98 Å². The van der Waals surface area contributed by atoms with Gasteiger partial charge >= 0.3 is 0 Å². The number of rotatable bonds is 6. The minimum absolute atomic E-state index is 0.0183. The number of para-hydroxylation sites is 1. The number of aromatic nitrogens is 1. The maximum Gasteiger partial charge on any atom is 0.165 e. The van der Waals surface area contributed by atoms with Crippen molar-refractivity contribution < 1.29 is 9.13 Å². The second-order valence-corrected chi connectivity index (χ2v) is 6.05. The van der Waals surface area contributed by atoms with Crippen molar-refractivity contribution in [2.75, 3.05) is 0 Å².